The maximum atomic E-state index is 13.3. The number of nitriles is 1. The van der Waals surface area contributed by atoms with E-state index in [1.54, 1.807) is 24.3 Å². The molecule has 4 fully saturated rings. The van der Waals surface area contributed by atoms with Gasteiger partial charge in [-0.25, -0.2) is 9.18 Å². The molecule has 2 amide bonds. The van der Waals surface area contributed by atoms with Crippen molar-refractivity contribution in [1.29, 1.82) is 5.26 Å². The van der Waals surface area contributed by atoms with Crippen molar-refractivity contribution in [2.75, 3.05) is 23.8 Å². The Labute approximate surface area is 232 Å². The monoisotopic (exact) mass is 549 g/mol. The van der Waals surface area contributed by atoms with Gasteiger partial charge in [0.15, 0.2) is 6.61 Å². The Bertz CT molecular complexity index is 1240. The maximum Gasteiger partial charge on any atom is 0.339 e. The Balaban J connectivity index is 1.17. The van der Waals surface area contributed by atoms with Gasteiger partial charge in [0.2, 0.25) is 5.91 Å². The molecule has 4 aliphatic rings. The van der Waals surface area contributed by atoms with Crippen LogP contribution in [0.2, 0.25) is 0 Å². The highest BCUT2D eigenvalue weighted by molar-refractivity contribution is 8.00. The second kappa shape index (κ2) is 11.8. The second-order valence-corrected chi connectivity index (χ2v) is 12.1. The third-order valence-electron chi connectivity index (χ3n) is 8.12. The predicted molar refractivity (Wildman–Crippen MR) is 145 cm³/mol. The molecule has 2 aromatic carbocycles. The van der Waals surface area contributed by atoms with Gasteiger partial charge in [0.25, 0.3) is 5.91 Å². The third kappa shape index (κ3) is 6.44. The molecule has 0 aliphatic heterocycles. The van der Waals surface area contributed by atoms with Crippen LogP contribution in [-0.2, 0) is 14.3 Å². The largest absolute Gasteiger partial charge is 0.452 e. The summed E-state index contributed by atoms with van der Waals surface area (Å²) in [6, 6.07) is 14.2. The summed E-state index contributed by atoms with van der Waals surface area (Å²) in [4.78, 5) is 40.7. The SMILES string of the molecule is N#CCCN(C(=O)COC(=O)c1ccccc1SCC(=O)NC12CC3CC(CC(C3)C1)C2)c1ccc(F)cc1. The number of rotatable bonds is 10. The van der Waals surface area contributed by atoms with Crippen molar-refractivity contribution < 1.29 is 23.5 Å². The Morgan fingerprint density at radius 1 is 1.03 bits per heavy atom. The van der Waals surface area contributed by atoms with E-state index in [1.807, 2.05) is 6.07 Å². The van der Waals surface area contributed by atoms with Crippen LogP contribution in [0.1, 0.15) is 55.3 Å². The van der Waals surface area contributed by atoms with Gasteiger partial charge in [-0.15, -0.1) is 11.8 Å². The topological polar surface area (TPSA) is 99.5 Å². The lowest BCUT2D eigenvalue weighted by Crippen LogP contribution is -2.60. The van der Waals surface area contributed by atoms with E-state index in [9.17, 15) is 18.8 Å². The number of amides is 2. The van der Waals surface area contributed by atoms with E-state index in [0.29, 0.717) is 10.6 Å². The molecule has 4 bridgehead atoms. The van der Waals surface area contributed by atoms with E-state index >= 15 is 0 Å². The second-order valence-electron chi connectivity index (χ2n) is 11.0. The molecule has 7 nitrogen and oxygen atoms in total. The van der Waals surface area contributed by atoms with Gasteiger partial charge >= 0.3 is 5.97 Å². The summed E-state index contributed by atoms with van der Waals surface area (Å²) in [6.45, 7) is -0.447. The highest BCUT2D eigenvalue weighted by atomic mass is 32.2. The van der Waals surface area contributed by atoms with Crippen molar-refractivity contribution in [3.8, 4) is 6.07 Å². The van der Waals surface area contributed by atoms with Crippen LogP contribution in [-0.4, -0.2) is 42.2 Å². The molecule has 2 aromatic rings. The minimum absolute atomic E-state index is 0.0206. The molecule has 0 spiro atoms. The number of nitrogens with one attached hydrogen (secondary N) is 1. The normalized spacial score (nSPS) is 24.6. The number of halogens is 1. The van der Waals surface area contributed by atoms with Crippen LogP contribution in [0.5, 0.6) is 0 Å². The van der Waals surface area contributed by atoms with Gasteiger partial charge in [0, 0.05) is 22.7 Å². The molecule has 0 atom stereocenters. The van der Waals surface area contributed by atoms with E-state index in [0.717, 1.165) is 37.0 Å². The summed E-state index contributed by atoms with van der Waals surface area (Å²) in [5.41, 5.74) is 0.629. The van der Waals surface area contributed by atoms with Crippen molar-refractivity contribution in [1.82, 2.24) is 5.32 Å². The lowest BCUT2D eigenvalue weighted by molar-refractivity contribution is -0.124. The van der Waals surface area contributed by atoms with E-state index in [1.165, 1.54) is 60.2 Å². The number of ether oxygens (including phenoxy) is 1. The molecule has 1 N–H and O–H groups in total. The van der Waals surface area contributed by atoms with Gasteiger partial charge in [-0.2, -0.15) is 5.26 Å². The minimum Gasteiger partial charge on any atom is -0.452 e. The number of benzene rings is 2. The summed E-state index contributed by atoms with van der Waals surface area (Å²) >= 11 is 1.28. The van der Waals surface area contributed by atoms with Gasteiger partial charge < -0.3 is 15.0 Å². The first-order valence-electron chi connectivity index (χ1n) is 13.5. The average molecular weight is 550 g/mol. The minimum atomic E-state index is -0.674. The number of anilines is 1. The number of carbonyl (C=O) groups excluding carboxylic acids is 3. The first-order valence-corrected chi connectivity index (χ1v) is 14.5. The summed E-state index contributed by atoms with van der Waals surface area (Å²) in [7, 11) is 0. The van der Waals surface area contributed by atoms with Crippen molar-refractivity contribution in [2.45, 2.75) is 55.4 Å². The zero-order chi connectivity index (χ0) is 27.4. The third-order valence-corrected chi connectivity index (χ3v) is 9.20. The Morgan fingerprint density at radius 3 is 2.31 bits per heavy atom. The lowest BCUT2D eigenvalue weighted by Gasteiger charge is -2.56. The molecular weight excluding hydrogens is 517 g/mol. The Morgan fingerprint density at radius 2 is 1.67 bits per heavy atom. The molecule has 0 heterocycles. The van der Waals surface area contributed by atoms with Gasteiger partial charge in [-0.3, -0.25) is 9.59 Å². The number of hydrogen-bond donors (Lipinski definition) is 1. The predicted octanol–water partition coefficient (Wildman–Crippen LogP) is 5.11. The van der Waals surface area contributed by atoms with Crippen molar-refractivity contribution in [3.63, 3.8) is 0 Å². The molecule has 39 heavy (non-hydrogen) atoms. The van der Waals surface area contributed by atoms with Gasteiger partial charge in [0.05, 0.1) is 23.8 Å². The van der Waals surface area contributed by atoms with Crippen LogP contribution in [0.25, 0.3) is 0 Å². The summed E-state index contributed by atoms with van der Waals surface area (Å²) in [6.07, 6.45) is 7.23. The molecule has 0 aromatic heterocycles. The summed E-state index contributed by atoms with van der Waals surface area (Å²) in [5.74, 6) is 0.741. The van der Waals surface area contributed by atoms with E-state index in [4.69, 9.17) is 10.00 Å². The average Bonchev–Trinajstić information content (AvgIpc) is 2.91. The number of carbonyl (C=O) groups is 3. The van der Waals surface area contributed by atoms with Gasteiger partial charge in [-0.1, -0.05) is 12.1 Å². The molecular formula is C30H32FN3O4S. The van der Waals surface area contributed by atoms with E-state index in [-0.39, 0.29) is 35.7 Å². The fourth-order valence-electron chi connectivity index (χ4n) is 6.96. The molecule has 0 saturated heterocycles. The molecule has 204 valence electrons. The maximum absolute atomic E-state index is 13.3. The zero-order valence-electron chi connectivity index (χ0n) is 21.7. The fourth-order valence-corrected chi connectivity index (χ4v) is 7.80. The van der Waals surface area contributed by atoms with Crippen molar-refractivity contribution in [3.05, 3.63) is 59.9 Å². The Kier molecular flexibility index (Phi) is 8.22. The number of esters is 1. The molecule has 4 saturated carbocycles. The smallest absolute Gasteiger partial charge is 0.339 e. The van der Waals surface area contributed by atoms with Crippen LogP contribution in [0.4, 0.5) is 10.1 Å². The van der Waals surface area contributed by atoms with E-state index < -0.39 is 24.3 Å². The lowest BCUT2D eigenvalue weighted by atomic mass is 9.53. The van der Waals surface area contributed by atoms with Crippen molar-refractivity contribution >= 4 is 35.2 Å². The summed E-state index contributed by atoms with van der Waals surface area (Å²) < 4.78 is 18.7. The van der Waals surface area contributed by atoms with Crippen LogP contribution in [0.15, 0.2) is 53.4 Å². The quantitative estimate of drug-likeness (QED) is 0.327. The molecule has 9 heteroatoms. The standard InChI is InChI=1S/C30H32FN3O4S/c31-23-6-8-24(9-7-23)34(11-3-10-32)28(36)18-38-29(37)25-4-1-2-5-26(25)39-19-27(35)33-30-15-20-12-21(16-30)14-22(13-20)17-30/h1-2,4-9,20-22H,3,11-19H2,(H,33,35). The molecule has 0 unspecified atom stereocenters. The summed E-state index contributed by atoms with van der Waals surface area (Å²) in [5, 5.41) is 12.3. The van der Waals surface area contributed by atoms with E-state index in [2.05, 4.69) is 5.32 Å². The number of thioether (sulfide) groups is 1. The van der Waals surface area contributed by atoms with Crippen LogP contribution < -0.4 is 10.2 Å². The van der Waals surface area contributed by atoms with Crippen molar-refractivity contribution in [2.24, 2.45) is 17.8 Å². The molecule has 4 aliphatic carbocycles. The fraction of sp³-hybridized carbons (Fsp3) is 0.467. The zero-order valence-corrected chi connectivity index (χ0v) is 22.6. The highest BCUT2D eigenvalue weighted by Crippen LogP contribution is 2.55. The Hall–Kier alpha value is -3.38. The highest BCUT2D eigenvalue weighted by Gasteiger charge is 2.51. The number of nitrogens with zero attached hydrogens (tertiary/aromatic N) is 2. The van der Waals surface area contributed by atoms with Crippen LogP contribution in [0.3, 0.4) is 0 Å². The van der Waals surface area contributed by atoms with Gasteiger partial charge in [0.1, 0.15) is 5.82 Å². The molecule has 6 rings (SSSR count). The molecule has 0 radical (unpaired) electrons. The van der Waals surface area contributed by atoms with Crippen LogP contribution in [0, 0.1) is 34.9 Å². The first-order chi connectivity index (χ1) is 18.8. The first kappa shape index (κ1) is 27.2. The van der Waals surface area contributed by atoms with Gasteiger partial charge in [-0.05, 0) is 92.7 Å². The van der Waals surface area contributed by atoms with Crippen LogP contribution >= 0.6 is 11.8 Å². The number of hydrogen-bond acceptors (Lipinski definition) is 6.